The lowest BCUT2D eigenvalue weighted by atomic mass is 10.00. The Kier molecular flexibility index (Phi) is 5.04. The average Bonchev–Trinajstić information content (AvgIpc) is 3.29. The first-order valence-corrected chi connectivity index (χ1v) is 9.28. The molecule has 25 heavy (non-hydrogen) atoms. The van der Waals surface area contributed by atoms with Gasteiger partial charge in [0.15, 0.2) is 0 Å². The zero-order valence-electron chi connectivity index (χ0n) is 14.5. The number of benzene rings is 1. The lowest BCUT2D eigenvalue weighted by Gasteiger charge is -2.22. The summed E-state index contributed by atoms with van der Waals surface area (Å²) in [7, 11) is 1.69. The highest BCUT2D eigenvalue weighted by molar-refractivity contribution is 7.08. The summed E-state index contributed by atoms with van der Waals surface area (Å²) < 4.78 is 0. The first-order chi connectivity index (χ1) is 12.0. The van der Waals surface area contributed by atoms with Gasteiger partial charge < -0.3 is 9.80 Å². The Morgan fingerprint density at radius 1 is 1.28 bits per heavy atom. The zero-order valence-corrected chi connectivity index (χ0v) is 15.3. The summed E-state index contributed by atoms with van der Waals surface area (Å²) in [6.07, 6.45) is 2.27. The van der Waals surface area contributed by atoms with Crippen molar-refractivity contribution in [2.45, 2.75) is 25.3 Å². The van der Waals surface area contributed by atoms with Crippen LogP contribution in [-0.4, -0.2) is 36.3 Å². The topological polar surface area (TPSA) is 40.6 Å². The first kappa shape index (κ1) is 17.4. The van der Waals surface area contributed by atoms with E-state index in [2.05, 4.69) is 30.3 Å². The van der Waals surface area contributed by atoms with Gasteiger partial charge in [0, 0.05) is 36.8 Å². The van der Waals surface area contributed by atoms with Crippen molar-refractivity contribution < 1.29 is 9.59 Å². The van der Waals surface area contributed by atoms with Gasteiger partial charge in [-0.25, -0.2) is 0 Å². The number of nitrogens with zero attached hydrogens (tertiary/aromatic N) is 2. The maximum absolute atomic E-state index is 12.9. The molecule has 1 aromatic carbocycles. The van der Waals surface area contributed by atoms with E-state index in [4.69, 9.17) is 0 Å². The van der Waals surface area contributed by atoms with Crippen molar-refractivity contribution in [2.24, 2.45) is 0 Å². The Balaban J connectivity index is 1.72. The van der Waals surface area contributed by atoms with Gasteiger partial charge >= 0.3 is 0 Å². The van der Waals surface area contributed by atoms with Gasteiger partial charge in [-0.3, -0.25) is 9.59 Å². The minimum absolute atomic E-state index is 0.0504. The second kappa shape index (κ2) is 7.23. The highest BCUT2D eigenvalue weighted by Gasteiger charge is 2.33. The zero-order chi connectivity index (χ0) is 18.0. The van der Waals surface area contributed by atoms with E-state index in [1.54, 1.807) is 42.6 Å². The van der Waals surface area contributed by atoms with E-state index >= 15 is 0 Å². The van der Waals surface area contributed by atoms with E-state index in [-0.39, 0.29) is 17.9 Å². The van der Waals surface area contributed by atoms with Crippen molar-refractivity contribution in [1.82, 2.24) is 4.90 Å². The van der Waals surface area contributed by atoms with Crippen molar-refractivity contribution in [3.05, 3.63) is 64.9 Å². The Bertz CT molecular complexity index is 768. The summed E-state index contributed by atoms with van der Waals surface area (Å²) in [5.41, 5.74) is 2.72. The molecule has 2 amide bonds. The summed E-state index contributed by atoms with van der Waals surface area (Å²) >= 11 is 1.70. The SMILES string of the molecule is C=CC(=O)N(C)c1ccc(C(=O)N2CC(c3ccsc3)CC2C)cc1. The smallest absolute Gasteiger partial charge is 0.254 e. The van der Waals surface area contributed by atoms with Crippen LogP contribution in [0.25, 0.3) is 0 Å². The predicted molar refractivity (Wildman–Crippen MR) is 102 cm³/mol. The van der Waals surface area contributed by atoms with Crippen LogP contribution in [0.4, 0.5) is 5.69 Å². The summed E-state index contributed by atoms with van der Waals surface area (Å²) in [5, 5.41) is 4.26. The maximum atomic E-state index is 12.9. The van der Waals surface area contributed by atoms with E-state index in [0.717, 1.165) is 18.7 Å². The maximum Gasteiger partial charge on any atom is 0.254 e. The van der Waals surface area contributed by atoms with E-state index in [0.29, 0.717) is 11.5 Å². The third-order valence-corrected chi connectivity index (χ3v) is 5.56. The van der Waals surface area contributed by atoms with Crippen LogP contribution in [0.2, 0.25) is 0 Å². The number of hydrogen-bond donors (Lipinski definition) is 0. The van der Waals surface area contributed by atoms with E-state index in [1.165, 1.54) is 16.5 Å². The molecule has 1 fully saturated rings. The molecule has 2 heterocycles. The molecule has 0 saturated carbocycles. The normalized spacial score (nSPS) is 19.7. The van der Waals surface area contributed by atoms with Gasteiger partial charge in [0.1, 0.15) is 0 Å². The average molecular weight is 354 g/mol. The van der Waals surface area contributed by atoms with Gasteiger partial charge in [0.2, 0.25) is 5.91 Å². The fourth-order valence-corrected chi connectivity index (χ4v) is 4.06. The minimum Gasteiger partial charge on any atom is -0.335 e. The summed E-state index contributed by atoms with van der Waals surface area (Å²) in [6, 6.07) is 9.54. The number of likely N-dealkylation sites (tertiary alicyclic amines) is 1. The van der Waals surface area contributed by atoms with Crippen LogP contribution in [0, 0.1) is 0 Å². The van der Waals surface area contributed by atoms with E-state index in [9.17, 15) is 9.59 Å². The molecular formula is C20H22N2O2S. The standard InChI is InChI=1S/C20H22N2O2S/c1-4-19(23)21(3)18-7-5-15(6-8-18)20(24)22-12-17(11-14(22)2)16-9-10-25-13-16/h4-10,13-14,17H,1,11-12H2,2-3H3. The molecule has 1 aliphatic heterocycles. The molecule has 2 atom stereocenters. The number of hydrogen-bond acceptors (Lipinski definition) is 3. The van der Waals surface area contributed by atoms with Gasteiger partial charge in [0.05, 0.1) is 0 Å². The third-order valence-electron chi connectivity index (χ3n) is 4.86. The highest BCUT2D eigenvalue weighted by atomic mass is 32.1. The Morgan fingerprint density at radius 3 is 2.60 bits per heavy atom. The molecule has 0 bridgehead atoms. The second-order valence-electron chi connectivity index (χ2n) is 6.44. The number of carbonyl (C=O) groups is 2. The van der Waals surface area contributed by atoms with Gasteiger partial charge in [-0.1, -0.05) is 6.58 Å². The van der Waals surface area contributed by atoms with Crippen molar-refractivity contribution in [2.75, 3.05) is 18.5 Å². The monoisotopic (exact) mass is 354 g/mol. The summed E-state index contributed by atoms with van der Waals surface area (Å²) in [4.78, 5) is 28.0. The fourth-order valence-electron chi connectivity index (χ4n) is 3.32. The Labute approximate surface area is 152 Å². The van der Waals surface area contributed by atoms with Crippen LogP contribution in [0.5, 0.6) is 0 Å². The van der Waals surface area contributed by atoms with E-state index < -0.39 is 0 Å². The van der Waals surface area contributed by atoms with Crippen molar-refractivity contribution in [1.29, 1.82) is 0 Å². The van der Waals surface area contributed by atoms with Crippen LogP contribution in [0.1, 0.15) is 35.2 Å². The van der Waals surface area contributed by atoms with Gasteiger partial charge in [0.25, 0.3) is 5.91 Å². The predicted octanol–water partition coefficient (Wildman–Crippen LogP) is 3.92. The van der Waals surface area contributed by atoms with Gasteiger partial charge in [-0.2, -0.15) is 11.3 Å². The number of rotatable bonds is 4. The molecule has 0 aliphatic carbocycles. The van der Waals surface area contributed by atoms with Crippen LogP contribution in [0.3, 0.4) is 0 Å². The molecule has 2 aromatic rings. The molecule has 2 unspecified atom stereocenters. The number of amides is 2. The first-order valence-electron chi connectivity index (χ1n) is 8.34. The molecule has 4 nitrogen and oxygen atoms in total. The fraction of sp³-hybridized carbons (Fsp3) is 0.300. The number of likely N-dealkylation sites (N-methyl/N-ethyl adjacent to an activating group) is 1. The van der Waals surface area contributed by atoms with Crippen molar-refractivity contribution in [3.8, 4) is 0 Å². The Morgan fingerprint density at radius 2 is 2.00 bits per heavy atom. The molecule has 130 valence electrons. The quantitative estimate of drug-likeness (QED) is 0.781. The molecule has 1 saturated heterocycles. The van der Waals surface area contributed by atoms with Crippen molar-refractivity contribution in [3.63, 3.8) is 0 Å². The van der Waals surface area contributed by atoms with Gasteiger partial charge in [-0.05, 0) is 66.1 Å². The highest BCUT2D eigenvalue weighted by Crippen LogP contribution is 2.33. The summed E-state index contributed by atoms with van der Waals surface area (Å²) in [5.74, 6) is 0.293. The molecule has 1 aliphatic rings. The number of thiophene rings is 1. The van der Waals surface area contributed by atoms with Crippen molar-refractivity contribution >= 4 is 28.8 Å². The molecule has 0 N–H and O–H groups in total. The molecule has 5 heteroatoms. The van der Waals surface area contributed by atoms with Crippen LogP contribution < -0.4 is 4.90 Å². The molecule has 1 aromatic heterocycles. The van der Waals surface area contributed by atoms with Crippen LogP contribution in [-0.2, 0) is 4.79 Å². The van der Waals surface area contributed by atoms with Gasteiger partial charge in [-0.15, -0.1) is 0 Å². The lowest BCUT2D eigenvalue weighted by molar-refractivity contribution is -0.113. The van der Waals surface area contributed by atoms with Crippen LogP contribution in [0.15, 0.2) is 53.7 Å². The third kappa shape index (κ3) is 3.51. The molecule has 0 spiro atoms. The number of carbonyl (C=O) groups excluding carboxylic acids is 2. The molecule has 0 radical (unpaired) electrons. The second-order valence-corrected chi connectivity index (χ2v) is 7.22. The lowest BCUT2D eigenvalue weighted by Crippen LogP contribution is -2.34. The largest absolute Gasteiger partial charge is 0.335 e. The van der Waals surface area contributed by atoms with Crippen LogP contribution >= 0.6 is 11.3 Å². The molecule has 3 rings (SSSR count). The minimum atomic E-state index is -0.175. The Hall–Kier alpha value is -2.40. The number of anilines is 1. The molecular weight excluding hydrogens is 332 g/mol. The van der Waals surface area contributed by atoms with E-state index in [1.807, 2.05) is 4.90 Å². The summed E-state index contributed by atoms with van der Waals surface area (Å²) in [6.45, 7) is 6.35.